The second kappa shape index (κ2) is 11.2. The smallest absolute Gasteiger partial charge is 0.300 e. The van der Waals surface area contributed by atoms with E-state index in [-0.39, 0.29) is 27.7 Å². The Bertz CT molecular complexity index is 1410. The highest BCUT2D eigenvalue weighted by atomic mass is 35.5. The number of methoxy groups -OCH3 is 2. The van der Waals surface area contributed by atoms with E-state index in [2.05, 4.69) is 0 Å². The Kier molecular flexibility index (Phi) is 7.97. The van der Waals surface area contributed by atoms with Crippen molar-refractivity contribution in [2.24, 2.45) is 0 Å². The van der Waals surface area contributed by atoms with Crippen LogP contribution in [0.25, 0.3) is 5.76 Å². The van der Waals surface area contributed by atoms with Crippen molar-refractivity contribution in [2.45, 2.75) is 33.2 Å². The number of aliphatic hydroxyl groups is 1. The zero-order valence-electron chi connectivity index (χ0n) is 22.0. The third-order valence-electron chi connectivity index (χ3n) is 6.52. The molecule has 7 nitrogen and oxygen atoms in total. The lowest BCUT2D eigenvalue weighted by Crippen LogP contribution is -2.29. The molecule has 1 fully saturated rings. The van der Waals surface area contributed by atoms with Crippen LogP contribution in [0.3, 0.4) is 0 Å². The summed E-state index contributed by atoms with van der Waals surface area (Å²) >= 11 is 6.39. The van der Waals surface area contributed by atoms with Gasteiger partial charge in [0, 0.05) is 5.69 Å². The van der Waals surface area contributed by atoms with Crippen molar-refractivity contribution in [3.8, 4) is 17.2 Å². The van der Waals surface area contributed by atoms with E-state index in [1.807, 2.05) is 32.9 Å². The Morgan fingerprint density at radius 2 is 1.68 bits per heavy atom. The van der Waals surface area contributed by atoms with Gasteiger partial charge in [-0.15, -0.1) is 0 Å². The first-order valence-electron chi connectivity index (χ1n) is 12.3. The lowest BCUT2D eigenvalue weighted by atomic mass is 9.94. The van der Waals surface area contributed by atoms with E-state index in [1.165, 1.54) is 19.1 Å². The Balaban J connectivity index is 2.01. The predicted molar refractivity (Wildman–Crippen MR) is 148 cm³/mol. The predicted octanol–water partition coefficient (Wildman–Crippen LogP) is 6.25. The first-order valence-corrected chi connectivity index (χ1v) is 12.7. The molecule has 1 N–H and O–H groups in total. The number of hydrogen-bond acceptors (Lipinski definition) is 6. The summed E-state index contributed by atoms with van der Waals surface area (Å²) in [6.45, 7) is 6.08. The summed E-state index contributed by atoms with van der Waals surface area (Å²) in [5, 5.41) is 11.9. The number of hydrogen-bond donors (Lipinski definition) is 1. The maximum Gasteiger partial charge on any atom is 0.300 e. The summed E-state index contributed by atoms with van der Waals surface area (Å²) < 4.78 is 16.7. The molecule has 1 unspecified atom stereocenters. The fraction of sp³-hybridized carbons (Fsp3) is 0.267. The molecular weight excluding hydrogens is 506 g/mol. The molecule has 0 aromatic heterocycles. The monoisotopic (exact) mass is 535 g/mol. The number of aliphatic hydroxyl groups excluding tert-OH is 1. The van der Waals surface area contributed by atoms with Crippen LogP contribution in [0.5, 0.6) is 17.2 Å². The van der Waals surface area contributed by atoms with Gasteiger partial charge >= 0.3 is 0 Å². The number of halogens is 1. The number of nitrogens with zero attached hydrogens (tertiary/aromatic N) is 1. The van der Waals surface area contributed by atoms with Gasteiger partial charge in [-0.3, -0.25) is 14.5 Å². The van der Waals surface area contributed by atoms with E-state index >= 15 is 0 Å². The fourth-order valence-corrected chi connectivity index (χ4v) is 5.05. The molecular formula is C30H30ClNO6. The number of amides is 1. The first kappa shape index (κ1) is 27.1. The number of Topliss-reactive ketones (excluding diaryl/α,β-unsaturated/α-hetero) is 1. The average molecular weight is 536 g/mol. The van der Waals surface area contributed by atoms with Gasteiger partial charge in [0.15, 0.2) is 11.5 Å². The van der Waals surface area contributed by atoms with Crippen LogP contribution < -0.4 is 19.1 Å². The molecule has 3 aromatic carbocycles. The van der Waals surface area contributed by atoms with Crippen LogP contribution in [-0.4, -0.2) is 37.6 Å². The summed E-state index contributed by atoms with van der Waals surface area (Å²) in [5.41, 5.74) is 3.07. The molecule has 1 heterocycles. The van der Waals surface area contributed by atoms with Crippen LogP contribution >= 0.6 is 11.6 Å². The van der Waals surface area contributed by atoms with Crippen molar-refractivity contribution in [1.82, 2.24) is 0 Å². The minimum Gasteiger partial charge on any atom is -0.507 e. The number of carbonyl (C=O) groups excluding carboxylic acids is 2. The van der Waals surface area contributed by atoms with Gasteiger partial charge in [0.1, 0.15) is 11.5 Å². The molecule has 198 valence electrons. The molecule has 0 bridgehead atoms. The van der Waals surface area contributed by atoms with Gasteiger partial charge in [0.2, 0.25) is 0 Å². The zero-order valence-corrected chi connectivity index (χ0v) is 22.8. The molecule has 1 aliphatic rings. The van der Waals surface area contributed by atoms with Crippen molar-refractivity contribution in [3.05, 3.63) is 87.4 Å². The van der Waals surface area contributed by atoms with Crippen LogP contribution in [0.1, 0.15) is 42.1 Å². The summed E-state index contributed by atoms with van der Waals surface area (Å²) in [6.07, 6.45) is 0.826. The topological polar surface area (TPSA) is 85.3 Å². The molecule has 1 saturated heterocycles. The molecule has 0 radical (unpaired) electrons. The molecule has 4 rings (SSSR count). The van der Waals surface area contributed by atoms with Crippen LogP contribution in [0.2, 0.25) is 5.02 Å². The van der Waals surface area contributed by atoms with Crippen molar-refractivity contribution in [3.63, 3.8) is 0 Å². The van der Waals surface area contributed by atoms with Gasteiger partial charge in [0.25, 0.3) is 11.7 Å². The van der Waals surface area contributed by atoms with Crippen molar-refractivity contribution >= 4 is 34.7 Å². The summed E-state index contributed by atoms with van der Waals surface area (Å²) in [5.74, 6) is -0.788. The van der Waals surface area contributed by atoms with Crippen molar-refractivity contribution in [1.29, 1.82) is 0 Å². The van der Waals surface area contributed by atoms with Gasteiger partial charge in [-0.05, 0) is 73.4 Å². The van der Waals surface area contributed by atoms with Gasteiger partial charge in [-0.25, -0.2) is 0 Å². The maximum atomic E-state index is 13.6. The quantitative estimate of drug-likeness (QED) is 0.208. The van der Waals surface area contributed by atoms with Gasteiger partial charge < -0.3 is 19.3 Å². The Labute approximate surface area is 227 Å². The Morgan fingerprint density at radius 3 is 2.29 bits per heavy atom. The van der Waals surface area contributed by atoms with Crippen molar-refractivity contribution in [2.75, 3.05) is 25.7 Å². The van der Waals surface area contributed by atoms with Crippen LogP contribution in [0.15, 0.2) is 60.2 Å². The van der Waals surface area contributed by atoms with Gasteiger partial charge in [0.05, 0.1) is 43.0 Å². The lowest BCUT2D eigenvalue weighted by Gasteiger charge is -2.26. The van der Waals surface area contributed by atoms with E-state index in [0.717, 1.165) is 17.5 Å². The number of ether oxygens (including phenoxy) is 3. The van der Waals surface area contributed by atoms with E-state index < -0.39 is 17.7 Å². The first-order chi connectivity index (χ1) is 18.2. The largest absolute Gasteiger partial charge is 0.507 e. The molecule has 1 aliphatic heterocycles. The molecule has 0 aliphatic carbocycles. The number of carbonyl (C=O) groups is 2. The highest BCUT2D eigenvalue weighted by Crippen LogP contribution is 2.46. The molecule has 1 amide bonds. The van der Waals surface area contributed by atoms with Gasteiger partial charge in [-0.2, -0.15) is 0 Å². The number of aryl methyl sites for hydroxylation is 2. The van der Waals surface area contributed by atoms with Crippen LogP contribution in [0.4, 0.5) is 5.69 Å². The highest BCUT2D eigenvalue weighted by molar-refractivity contribution is 6.51. The minimum absolute atomic E-state index is 0.0813. The summed E-state index contributed by atoms with van der Waals surface area (Å²) in [6, 6.07) is 15.0. The summed E-state index contributed by atoms with van der Waals surface area (Å²) in [4.78, 5) is 28.5. The SMILES string of the molecule is CCOc1cc(C2/C(=C(\O)c3cc(C)cc(Cl)c3OC)C(=O)C(=O)N2c2ccc(CC)cc2)ccc1OC. The molecule has 0 spiro atoms. The number of anilines is 1. The third kappa shape index (κ3) is 4.82. The second-order valence-electron chi connectivity index (χ2n) is 8.86. The second-order valence-corrected chi connectivity index (χ2v) is 9.27. The number of rotatable bonds is 8. The summed E-state index contributed by atoms with van der Waals surface area (Å²) in [7, 11) is 2.96. The normalized spacial score (nSPS) is 16.6. The standard InChI is InChI=1S/C30H30ClNO6/c1-6-18-8-11-20(12-9-18)32-26(19-10-13-23(36-4)24(16-19)38-7-2)25(28(34)30(32)35)27(33)21-14-17(3)15-22(31)29(21)37-5/h8-16,26,33H,6-7H2,1-5H3/b27-25+. The molecule has 1 atom stereocenters. The molecule has 38 heavy (non-hydrogen) atoms. The maximum absolute atomic E-state index is 13.6. The fourth-order valence-electron chi connectivity index (χ4n) is 4.70. The van der Waals surface area contributed by atoms with E-state index in [1.54, 1.807) is 42.5 Å². The van der Waals surface area contributed by atoms with E-state index in [4.69, 9.17) is 25.8 Å². The Morgan fingerprint density at radius 1 is 0.974 bits per heavy atom. The number of ketones is 1. The van der Waals surface area contributed by atoms with Crippen LogP contribution in [0, 0.1) is 6.92 Å². The van der Waals surface area contributed by atoms with E-state index in [0.29, 0.717) is 29.4 Å². The van der Waals surface area contributed by atoms with Crippen molar-refractivity contribution < 1.29 is 28.9 Å². The van der Waals surface area contributed by atoms with Gasteiger partial charge in [-0.1, -0.05) is 36.7 Å². The molecule has 8 heteroatoms. The molecule has 0 saturated carbocycles. The Hall–Kier alpha value is -3.97. The average Bonchev–Trinajstić information content (AvgIpc) is 3.18. The zero-order chi connectivity index (χ0) is 27.6. The minimum atomic E-state index is -0.948. The highest BCUT2D eigenvalue weighted by Gasteiger charge is 2.47. The lowest BCUT2D eigenvalue weighted by molar-refractivity contribution is -0.132. The van der Waals surface area contributed by atoms with E-state index in [9.17, 15) is 14.7 Å². The van der Waals surface area contributed by atoms with Crippen LogP contribution in [-0.2, 0) is 16.0 Å². The number of benzene rings is 3. The third-order valence-corrected chi connectivity index (χ3v) is 6.80. The molecule has 3 aromatic rings.